The van der Waals surface area contributed by atoms with Crippen molar-refractivity contribution in [3.63, 3.8) is 0 Å². The molecule has 0 saturated heterocycles. The first-order chi connectivity index (χ1) is 14.0. The molecule has 1 atom stereocenters. The average Bonchev–Trinajstić information content (AvgIpc) is 3.25. The summed E-state index contributed by atoms with van der Waals surface area (Å²) in [6.45, 7) is 1.91. The van der Waals surface area contributed by atoms with E-state index >= 15 is 0 Å². The molecule has 0 bridgehead atoms. The number of H-pyrrole nitrogens is 1. The van der Waals surface area contributed by atoms with E-state index in [9.17, 15) is 4.79 Å². The molecule has 0 aliphatic carbocycles. The van der Waals surface area contributed by atoms with Gasteiger partial charge in [-0.3, -0.25) is 4.79 Å². The molecule has 0 radical (unpaired) electrons. The lowest BCUT2D eigenvalue weighted by molar-refractivity contribution is -0.113. The van der Waals surface area contributed by atoms with Crippen molar-refractivity contribution in [1.29, 1.82) is 0 Å². The number of hydrogen-bond donors (Lipinski definition) is 2. The van der Waals surface area contributed by atoms with Gasteiger partial charge < -0.3 is 10.3 Å². The maximum atomic E-state index is 12.5. The number of amides is 1. The maximum Gasteiger partial charge on any atom is 0.235 e. The van der Waals surface area contributed by atoms with Crippen LogP contribution < -0.4 is 5.32 Å². The molecule has 1 amide bonds. The van der Waals surface area contributed by atoms with E-state index in [0.717, 1.165) is 16.8 Å². The van der Waals surface area contributed by atoms with Gasteiger partial charge in [0.05, 0.1) is 33.1 Å². The van der Waals surface area contributed by atoms with Gasteiger partial charge in [0.1, 0.15) is 17.7 Å². The van der Waals surface area contributed by atoms with Crippen molar-refractivity contribution in [2.75, 3.05) is 11.1 Å². The van der Waals surface area contributed by atoms with Gasteiger partial charge in [-0.25, -0.2) is 15.0 Å². The van der Waals surface area contributed by atoms with Gasteiger partial charge in [-0.1, -0.05) is 29.3 Å². The highest BCUT2D eigenvalue weighted by Gasteiger charge is 2.31. The molecule has 0 fully saturated rings. The summed E-state index contributed by atoms with van der Waals surface area (Å²) in [7, 11) is 0. The molecule has 3 aromatic heterocycles. The quantitative estimate of drug-likeness (QED) is 0.484. The molecule has 1 unspecified atom stereocenters. The lowest BCUT2D eigenvalue weighted by atomic mass is 10.0. The number of halogens is 2. The van der Waals surface area contributed by atoms with Gasteiger partial charge in [-0.05, 0) is 24.6 Å². The first-order valence-electron chi connectivity index (χ1n) is 8.63. The fraction of sp³-hybridized carbons (Fsp3) is 0.167. The molecule has 4 aromatic rings. The molecular weight excluding hydrogens is 433 g/mol. The maximum absolute atomic E-state index is 12.5. The van der Waals surface area contributed by atoms with Crippen LogP contribution in [-0.4, -0.2) is 41.4 Å². The van der Waals surface area contributed by atoms with Crippen LogP contribution in [0.25, 0.3) is 17.0 Å². The minimum atomic E-state index is -0.147. The van der Waals surface area contributed by atoms with E-state index in [1.54, 1.807) is 17.1 Å². The van der Waals surface area contributed by atoms with Crippen LogP contribution in [0.5, 0.6) is 0 Å². The van der Waals surface area contributed by atoms with E-state index in [0.29, 0.717) is 38.6 Å². The molecule has 4 heterocycles. The molecular formula is C18H13Cl2N7OS. The number of aromatic nitrogens is 6. The van der Waals surface area contributed by atoms with E-state index in [1.165, 1.54) is 18.1 Å². The van der Waals surface area contributed by atoms with Crippen molar-refractivity contribution >= 4 is 57.9 Å². The highest BCUT2D eigenvalue weighted by atomic mass is 35.5. The van der Waals surface area contributed by atoms with Crippen molar-refractivity contribution in [3.8, 4) is 5.82 Å². The number of nitrogens with one attached hydrogen (secondary N) is 2. The van der Waals surface area contributed by atoms with Crippen LogP contribution in [0.15, 0.2) is 30.9 Å². The van der Waals surface area contributed by atoms with E-state index in [1.807, 2.05) is 19.1 Å². The Bertz CT molecular complexity index is 1270. The normalized spacial score (nSPS) is 16.5. The molecule has 5 rings (SSSR count). The van der Waals surface area contributed by atoms with E-state index in [4.69, 9.17) is 23.2 Å². The molecule has 1 aliphatic rings. The Morgan fingerprint density at radius 2 is 2.07 bits per heavy atom. The zero-order chi connectivity index (χ0) is 20.1. The summed E-state index contributed by atoms with van der Waals surface area (Å²) in [6.07, 6.45) is 2.97. The van der Waals surface area contributed by atoms with E-state index < -0.39 is 0 Å². The number of aromatic amines is 1. The number of fused-ring (bicyclic) bond motifs is 2. The second-order valence-electron chi connectivity index (χ2n) is 6.47. The van der Waals surface area contributed by atoms with Crippen molar-refractivity contribution < 1.29 is 4.79 Å². The summed E-state index contributed by atoms with van der Waals surface area (Å²) >= 11 is 13.9. The summed E-state index contributed by atoms with van der Waals surface area (Å²) in [4.78, 5) is 28.2. The number of hydrogen-bond acceptors (Lipinski definition) is 6. The Balaban J connectivity index is 1.73. The van der Waals surface area contributed by atoms with Crippen LogP contribution in [0.4, 0.5) is 5.82 Å². The summed E-state index contributed by atoms with van der Waals surface area (Å²) in [5.41, 5.74) is 3.77. The Morgan fingerprint density at radius 1 is 1.21 bits per heavy atom. The molecule has 8 nitrogen and oxygen atoms in total. The number of thioether (sulfide) groups is 1. The van der Waals surface area contributed by atoms with Crippen molar-refractivity contribution in [1.82, 2.24) is 29.7 Å². The second-order valence-corrected chi connectivity index (χ2v) is 8.38. The predicted octanol–water partition coefficient (Wildman–Crippen LogP) is 3.93. The van der Waals surface area contributed by atoms with Gasteiger partial charge >= 0.3 is 0 Å². The molecule has 29 heavy (non-hydrogen) atoms. The van der Waals surface area contributed by atoms with Crippen molar-refractivity contribution in [2.24, 2.45) is 0 Å². The van der Waals surface area contributed by atoms with Crippen LogP contribution in [0.3, 0.4) is 0 Å². The summed E-state index contributed by atoms with van der Waals surface area (Å²) in [6, 6.07) is 5.51. The van der Waals surface area contributed by atoms with Crippen LogP contribution in [0.2, 0.25) is 10.0 Å². The topological polar surface area (TPSA) is 101 Å². The highest BCUT2D eigenvalue weighted by Crippen LogP contribution is 2.45. The molecule has 11 heteroatoms. The number of benzene rings is 1. The summed E-state index contributed by atoms with van der Waals surface area (Å²) in [5.74, 6) is 1.26. The molecule has 2 N–H and O–H groups in total. The Kier molecular flexibility index (Phi) is 4.45. The third-order valence-corrected chi connectivity index (χ3v) is 6.67. The smallest absolute Gasteiger partial charge is 0.235 e. The number of rotatable bonds is 2. The van der Waals surface area contributed by atoms with Gasteiger partial charge in [-0.15, -0.1) is 11.8 Å². The largest absolute Gasteiger partial charge is 0.340 e. The standard InChI is InChI=1S/C18H13Cl2N7OS/c1-8-13-15(9-2-3-10(19)11(20)4-9)29-5-12(28)25-17(13)27(26-8)18-14-16(22-6-21-14)23-7-24-18/h2-4,6-7,15H,5H2,1H3,(H,25,28)(H,21,22,23,24). The lowest BCUT2D eigenvalue weighted by Crippen LogP contribution is -2.16. The number of imidazole rings is 1. The molecule has 0 spiro atoms. The number of carbonyl (C=O) groups excluding carboxylic acids is 1. The Morgan fingerprint density at radius 3 is 2.90 bits per heavy atom. The van der Waals surface area contributed by atoms with E-state index in [2.05, 4.69) is 30.4 Å². The third kappa shape index (κ3) is 3.06. The van der Waals surface area contributed by atoms with Gasteiger partial charge in [0.15, 0.2) is 11.5 Å². The summed E-state index contributed by atoms with van der Waals surface area (Å²) < 4.78 is 1.63. The highest BCUT2D eigenvalue weighted by molar-refractivity contribution is 8.00. The van der Waals surface area contributed by atoms with Gasteiger partial charge in [0.25, 0.3) is 0 Å². The zero-order valence-corrected chi connectivity index (χ0v) is 17.3. The molecule has 1 aliphatic heterocycles. The summed E-state index contributed by atoms with van der Waals surface area (Å²) in [5, 5.41) is 8.46. The molecule has 0 saturated carbocycles. The Labute approximate surface area is 179 Å². The number of aryl methyl sites for hydroxylation is 1. The third-order valence-electron chi connectivity index (χ3n) is 4.66. The number of nitrogens with zero attached hydrogens (tertiary/aromatic N) is 5. The minimum Gasteiger partial charge on any atom is -0.340 e. The van der Waals surface area contributed by atoms with Gasteiger partial charge in [0, 0.05) is 5.56 Å². The predicted molar refractivity (Wildman–Crippen MR) is 113 cm³/mol. The number of anilines is 1. The van der Waals surface area contributed by atoms with Crippen LogP contribution in [0, 0.1) is 6.92 Å². The molecule has 1 aromatic carbocycles. The van der Waals surface area contributed by atoms with Crippen molar-refractivity contribution in [2.45, 2.75) is 12.2 Å². The second kappa shape index (κ2) is 7.01. The zero-order valence-electron chi connectivity index (χ0n) is 15.0. The monoisotopic (exact) mass is 445 g/mol. The fourth-order valence-corrected chi connectivity index (χ4v) is 4.87. The molecule has 146 valence electrons. The van der Waals surface area contributed by atoms with Crippen LogP contribution in [-0.2, 0) is 4.79 Å². The fourth-order valence-electron chi connectivity index (χ4n) is 3.39. The van der Waals surface area contributed by atoms with Crippen LogP contribution >= 0.6 is 35.0 Å². The van der Waals surface area contributed by atoms with Gasteiger partial charge in [-0.2, -0.15) is 9.78 Å². The first kappa shape index (κ1) is 18.4. The van der Waals surface area contributed by atoms with Gasteiger partial charge in [0.2, 0.25) is 5.91 Å². The van der Waals surface area contributed by atoms with Crippen LogP contribution in [0.1, 0.15) is 22.1 Å². The lowest BCUT2D eigenvalue weighted by Gasteiger charge is -2.16. The van der Waals surface area contributed by atoms with Crippen molar-refractivity contribution in [3.05, 3.63) is 57.7 Å². The average molecular weight is 446 g/mol. The SMILES string of the molecule is Cc1nn(-c2ncnc3nc[nH]c23)c2c1C(c1ccc(Cl)c(Cl)c1)SCC(=O)N2. The first-order valence-corrected chi connectivity index (χ1v) is 10.4. The van der Waals surface area contributed by atoms with E-state index in [-0.39, 0.29) is 11.2 Å². The minimum absolute atomic E-state index is 0.116. The number of carbonyl (C=O) groups is 1. The Hall–Kier alpha value is -2.62.